The number of rotatable bonds is 5. The van der Waals surface area contributed by atoms with Crippen LogP contribution in [0.3, 0.4) is 0 Å². The van der Waals surface area contributed by atoms with Crippen molar-refractivity contribution in [1.29, 1.82) is 0 Å². The lowest BCUT2D eigenvalue weighted by Gasteiger charge is -2.17. The Kier molecular flexibility index (Phi) is 4.70. The van der Waals surface area contributed by atoms with E-state index in [9.17, 15) is 4.79 Å². The van der Waals surface area contributed by atoms with Gasteiger partial charge in [-0.3, -0.25) is 9.48 Å². The van der Waals surface area contributed by atoms with Crippen LogP contribution in [0.2, 0.25) is 10.0 Å². The number of amides is 1. The third-order valence-electron chi connectivity index (χ3n) is 4.66. The molecule has 6 nitrogen and oxygen atoms in total. The van der Waals surface area contributed by atoms with Crippen molar-refractivity contribution in [2.45, 2.75) is 25.3 Å². The molecule has 140 valence electrons. The van der Waals surface area contributed by atoms with Crippen molar-refractivity contribution in [1.82, 2.24) is 24.5 Å². The van der Waals surface area contributed by atoms with Gasteiger partial charge in [0.1, 0.15) is 0 Å². The maximum absolute atomic E-state index is 13.1. The highest BCUT2D eigenvalue weighted by atomic mass is 35.5. The topological polar surface area (TPSA) is 56.0 Å². The molecule has 27 heavy (non-hydrogen) atoms. The van der Waals surface area contributed by atoms with Gasteiger partial charge in [-0.25, -0.2) is 4.68 Å². The van der Waals surface area contributed by atoms with Gasteiger partial charge >= 0.3 is 0 Å². The highest BCUT2D eigenvalue weighted by molar-refractivity contribution is 6.35. The van der Waals surface area contributed by atoms with Gasteiger partial charge in [0.15, 0.2) is 0 Å². The molecule has 8 heteroatoms. The van der Waals surface area contributed by atoms with E-state index >= 15 is 0 Å². The molecule has 0 saturated heterocycles. The molecular weight excluding hydrogens is 385 g/mol. The summed E-state index contributed by atoms with van der Waals surface area (Å²) in [5.74, 6) is 0.266. The smallest absolute Gasteiger partial charge is 0.257 e. The van der Waals surface area contributed by atoms with Crippen LogP contribution >= 0.6 is 23.2 Å². The maximum Gasteiger partial charge on any atom is 0.257 e. The highest BCUT2D eigenvalue weighted by Crippen LogP contribution is 2.43. The zero-order valence-electron chi connectivity index (χ0n) is 15.1. The number of aromatic nitrogens is 4. The van der Waals surface area contributed by atoms with Gasteiger partial charge < -0.3 is 4.90 Å². The summed E-state index contributed by atoms with van der Waals surface area (Å²) in [5, 5.41) is 9.71. The van der Waals surface area contributed by atoms with Crippen molar-refractivity contribution >= 4 is 29.1 Å². The summed E-state index contributed by atoms with van der Waals surface area (Å²) in [4.78, 5) is 14.8. The van der Waals surface area contributed by atoms with Crippen molar-refractivity contribution < 1.29 is 4.79 Å². The summed E-state index contributed by atoms with van der Waals surface area (Å²) in [6.07, 6.45) is 7.40. The molecule has 1 fully saturated rings. The molecule has 1 aromatic carbocycles. The minimum Gasteiger partial charge on any atom is -0.337 e. The molecule has 0 atom stereocenters. The molecule has 0 bridgehead atoms. The molecule has 0 radical (unpaired) electrons. The fraction of sp³-hybridized carbons (Fsp3) is 0.316. The molecule has 1 aliphatic rings. The average molecular weight is 404 g/mol. The number of nitrogens with zero attached hydrogens (tertiary/aromatic N) is 5. The molecule has 0 spiro atoms. The summed E-state index contributed by atoms with van der Waals surface area (Å²) >= 11 is 12.4. The predicted molar refractivity (Wildman–Crippen MR) is 105 cm³/mol. The van der Waals surface area contributed by atoms with Crippen LogP contribution in [0, 0.1) is 0 Å². The zero-order valence-corrected chi connectivity index (χ0v) is 16.6. The molecule has 1 saturated carbocycles. The van der Waals surface area contributed by atoms with Gasteiger partial charge in [0, 0.05) is 43.3 Å². The van der Waals surface area contributed by atoms with Crippen LogP contribution in [0.4, 0.5) is 0 Å². The van der Waals surface area contributed by atoms with Gasteiger partial charge in [-0.2, -0.15) is 10.2 Å². The van der Waals surface area contributed by atoms with Crippen LogP contribution in [-0.2, 0) is 13.6 Å². The quantitative estimate of drug-likeness (QED) is 0.645. The van der Waals surface area contributed by atoms with Gasteiger partial charge in [0.25, 0.3) is 5.91 Å². The number of benzene rings is 1. The van der Waals surface area contributed by atoms with Crippen LogP contribution in [0.1, 0.15) is 40.4 Å². The molecule has 2 aromatic heterocycles. The molecule has 0 unspecified atom stereocenters. The average Bonchev–Trinajstić information content (AvgIpc) is 3.24. The SMILES string of the molecule is CN(Cc1cnn(C)c1)C(=O)c1cnn(-c2ccc(Cl)cc2Cl)c1C1CC1. The van der Waals surface area contributed by atoms with Crippen LogP contribution in [0.15, 0.2) is 36.8 Å². The first-order valence-corrected chi connectivity index (χ1v) is 9.46. The minimum absolute atomic E-state index is 0.0583. The second kappa shape index (κ2) is 7.02. The molecule has 3 aromatic rings. The summed E-state index contributed by atoms with van der Waals surface area (Å²) in [6.45, 7) is 0.490. The Morgan fingerprint density at radius 1 is 1.26 bits per heavy atom. The number of hydrogen-bond acceptors (Lipinski definition) is 3. The Morgan fingerprint density at radius 3 is 2.67 bits per heavy atom. The number of hydrogen-bond donors (Lipinski definition) is 0. The molecule has 1 aliphatic carbocycles. The van der Waals surface area contributed by atoms with E-state index in [1.165, 1.54) is 0 Å². The first-order valence-electron chi connectivity index (χ1n) is 8.70. The van der Waals surface area contributed by atoms with E-state index in [0.717, 1.165) is 29.8 Å². The van der Waals surface area contributed by atoms with Gasteiger partial charge in [-0.1, -0.05) is 23.2 Å². The van der Waals surface area contributed by atoms with E-state index in [1.54, 1.807) is 45.8 Å². The largest absolute Gasteiger partial charge is 0.337 e. The molecular formula is C19H19Cl2N5O. The van der Waals surface area contributed by atoms with E-state index in [2.05, 4.69) is 10.2 Å². The van der Waals surface area contributed by atoms with Crippen LogP contribution < -0.4 is 0 Å². The van der Waals surface area contributed by atoms with Gasteiger partial charge in [-0.05, 0) is 31.0 Å². The van der Waals surface area contributed by atoms with E-state index in [0.29, 0.717) is 28.1 Å². The Labute approximate surface area is 167 Å². The third kappa shape index (κ3) is 3.59. The zero-order chi connectivity index (χ0) is 19.1. The lowest BCUT2D eigenvalue weighted by atomic mass is 10.1. The van der Waals surface area contributed by atoms with Gasteiger partial charge in [0.05, 0.1) is 34.4 Å². The molecule has 1 amide bonds. The first kappa shape index (κ1) is 18.1. The number of halogens is 2. The fourth-order valence-corrected chi connectivity index (χ4v) is 3.71. The Bertz CT molecular complexity index is 1010. The third-order valence-corrected chi connectivity index (χ3v) is 5.20. The Balaban J connectivity index is 1.67. The van der Waals surface area contributed by atoms with Gasteiger partial charge in [0.2, 0.25) is 0 Å². The second-order valence-electron chi connectivity index (χ2n) is 6.91. The van der Waals surface area contributed by atoms with E-state index in [1.807, 2.05) is 19.3 Å². The molecule has 0 aliphatic heterocycles. The standard InChI is InChI=1S/C19H19Cl2N5O/c1-24(10-12-8-22-25(2)11-12)19(27)15-9-23-26(18(15)13-3-4-13)17-6-5-14(20)7-16(17)21/h5-9,11,13H,3-4,10H2,1-2H3. The summed E-state index contributed by atoms with van der Waals surface area (Å²) in [5.41, 5.74) is 3.25. The Morgan fingerprint density at radius 2 is 2.04 bits per heavy atom. The lowest BCUT2D eigenvalue weighted by molar-refractivity contribution is 0.0784. The van der Waals surface area contributed by atoms with Crippen molar-refractivity contribution in [3.05, 3.63) is 63.7 Å². The predicted octanol–water partition coefficient (Wildman–Crippen LogP) is 4.06. The number of aryl methyl sites for hydroxylation is 1. The van der Waals surface area contributed by atoms with Crippen LogP contribution in [-0.4, -0.2) is 37.4 Å². The molecule has 0 N–H and O–H groups in total. The van der Waals surface area contributed by atoms with E-state index in [-0.39, 0.29) is 5.91 Å². The van der Waals surface area contributed by atoms with Gasteiger partial charge in [-0.15, -0.1) is 0 Å². The summed E-state index contributed by atoms with van der Waals surface area (Å²) < 4.78 is 3.51. The van der Waals surface area contributed by atoms with Crippen LogP contribution in [0.5, 0.6) is 0 Å². The molecule has 4 rings (SSSR count). The monoisotopic (exact) mass is 403 g/mol. The highest BCUT2D eigenvalue weighted by Gasteiger charge is 2.34. The van der Waals surface area contributed by atoms with Crippen molar-refractivity contribution in [2.75, 3.05) is 7.05 Å². The Hall–Kier alpha value is -2.31. The van der Waals surface area contributed by atoms with E-state index < -0.39 is 0 Å². The first-order chi connectivity index (χ1) is 12.9. The normalized spacial score (nSPS) is 13.8. The maximum atomic E-state index is 13.1. The number of carbonyl (C=O) groups excluding carboxylic acids is 1. The fourth-order valence-electron chi connectivity index (χ4n) is 3.22. The number of carbonyl (C=O) groups is 1. The summed E-state index contributed by atoms with van der Waals surface area (Å²) in [6, 6.07) is 5.29. The van der Waals surface area contributed by atoms with Crippen molar-refractivity contribution in [2.24, 2.45) is 7.05 Å². The lowest BCUT2D eigenvalue weighted by Crippen LogP contribution is -2.26. The van der Waals surface area contributed by atoms with E-state index in [4.69, 9.17) is 23.2 Å². The molecule has 2 heterocycles. The van der Waals surface area contributed by atoms with Crippen LogP contribution in [0.25, 0.3) is 5.69 Å². The minimum atomic E-state index is -0.0583. The summed E-state index contributed by atoms with van der Waals surface area (Å²) in [7, 11) is 3.65. The van der Waals surface area contributed by atoms with Crippen molar-refractivity contribution in [3.63, 3.8) is 0 Å². The second-order valence-corrected chi connectivity index (χ2v) is 7.75. The van der Waals surface area contributed by atoms with Crippen molar-refractivity contribution in [3.8, 4) is 5.69 Å².